The highest BCUT2D eigenvalue weighted by molar-refractivity contribution is 7.92. The van der Waals surface area contributed by atoms with Gasteiger partial charge in [0.15, 0.2) is 0 Å². The quantitative estimate of drug-likeness (QED) is 0.335. The zero-order chi connectivity index (χ0) is 32.0. The van der Waals surface area contributed by atoms with E-state index in [1.165, 1.54) is 30.3 Å². The minimum absolute atomic E-state index is 0.0454. The zero-order valence-corrected chi connectivity index (χ0v) is 23.3. The van der Waals surface area contributed by atoms with Gasteiger partial charge in [-0.25, -0.2) is 8.42 Å². The number of carbonyl (C=O) groups is 2. The Morgan fingerprint density at radius 1 is 0.795 bits per heavy atom. The van der Waals surface area contributed by atoms with Crippen LogP contribution in [0.25, 0.3) is 0 Å². The maximum Gasteiger partial charge on any atom is 0.491 e. The van der Waals surface area contributed by atoms with Crippen molar-refractivity contribution in [2.24, 2.45) is 0 Å². The Bertz CT molecular complexity index is 1730. The van der Waals surface area contributed by atoms with Crippen LogP contribution < -0.4 is 20.0 Å². The highest BCUT2D eigenvalue weighted by Gasteiger charge is 2.45. The summed E-state index contributed by atoms with van der Waals surface area (Å²) in [7, 11) is -5.17. The second-order valence-corrected chi connectivity index (χ2v) is 11.7. The van der Waals surface area contributed by atoms with E-state index in [4.69, 9.17) is 4.65 Å². The normalized spacial score (nSPS) is 15.8. The van der Waals surface area contributed by atoms with Crippen LogP contribution >= 0.6 is 0 Å². The molecule has 2 N–H and O–H groups in total. The first-order valence-corrected chi connectivity index (χ1v) is 14.5. The fourth-order valence-electron chi connectivity index (χ4n) is 5.10. The van der Waals surface area contributed by atoms with Crippen LogP contribution in [0.1, 0.15) is 16.7 Å². The minimum Gasteiger partial charge on any atom is -0.423 e. The summed E-state index contributed by atoms with van der Waals surface area (Å²) >= 11 is 0. The molecule has 0 aliphatic carbocycles. The average Bonchev–Trinajstić information content (AvgIpc) is 3.68. The van der Waals surface area contributed by atoms with Gasteiger partial charge < -0.3 is 19.5 Å². The molecule has 0 radical (unpaired) electrons. The first-order chi connectivity index (χ1) is 20.6. The van der Waals surface area contributed by atoms with Crippen LogP contribution in [0.4, 0.5) is 43.4 Å². The van der Waals surface area contributed by atoms with Gasteiger partial charge in [-0.2, -0.15) is 26.3 Å². The molecule has 0 spiro atoms. The number of rotatable bonds is 3. The van der Waals surface area contributed by atoms with E-state index in [0.29, 0.717) is 28.0 Å². The number of anilines is 3. The number of amides is 2. The molecule has 0 saturated carbocycles. The number of hydrogen-bond donors (Lipinski definition) is 2. The molecule has 3 aliphatic heterocycles. The number of hydrogen-bond acceptors (Lipinski definition) is 6. The Kier molecular flexibility index (Phi) is 8.15. The van der Waals surface area contributed by atoms with Gasteiger partial charge in [0.2, 0.25) is 0 Å². The summed E-state index contributed by atoms with van der Waals surface area (Å²) in [6.45, 7) is 0.159. The van der Waals surface area contributed by atoms with E-state index in [2.05, 4.69) is 4.72 Å². The van der Waals surface area contributed by atoms with Gasteiger partial charge >= 0.3 is 31.3 Å². The molecule has 0 unspecified atom stereocenters. The Labute approximate surface area is 247 Å². The molecule has 3 aromatic rings. The highest BCUT2D eigenvalue weighted by Crippen LogP contribution is 2.34. The van der Waals surface area contributed by atoms with Gasteiger partial charge in [-0.3, -0.25) is 14.3 Å². The number of carbonyl (C=O) groups excluding carboxylic acids is 2. The van der Waals surface area contributed by atoms with Gasteiger partial charge in [-0.15, -0.1) is 0 Å². The largest absolute Gasteiger partial charge is 0.491 e. The summed E-state index contributed by atoms with van der Waals surface area (Å²) in [6.07, 6.45) is -9.20. The monoisotopic (exact) mass is 641 g/mol. The Morgan fingerprint density at radius 2 is 1.39 bits per heavy atom. The van der Waals surface area contributed by atoms with Gasteiger partial charge in [0.05, 0.1) is 11.5 Å². The molecule has 3 aromatic carbocycles. The highest BCUT2D eigenvalue weighted by atomic mass is 32.2. The fourth-order valence-corrected chi connectivity index (χ4v) is 6.20. The van der Waals surface area contributed by atoms with Crippen molar-refractivity contribution in [1.29, 1.82) is 0 Å². The number of sulfonamides is 1. The van der Waals surface area contributed by atoms with Crippen molar-refractivity contribution in [3.05, 3.63) is 77.4 Å². The average molecular weight is 641 g/mol. The van der Waals surface area contributed by atoms with Crippen LogP contribution in [0.2, 0.25) is 0 Å². The SMILES string of the molecule is O=C(N1CCc2cc(S(=O)(=O)Nc3ccc4c(c3)B(O)OC4)ccc21)C(F)(F)F.O=C(N1CCc2ccccc21)C(F)(F)F. The van der Waals surface area contributed by atoms with Crippen LogP contribution in [0.3, 0.4) is 0 Å². The van der Waals surface area contributed by atoms with Crippen LogP contribution in [0.15, 0.2) is 65.6 Å². The maximum atomic E-state index is 12.7. The molecule has 17 heteroatoms. The lowest BCUT2D eigenvalue weighted by Crippen LogP contribution is -2.40. The van der Waals surface area contributed by atoms with E-state index >= 15 is 0 Å². The zero-order valence-electron chi connectivity index (χ0n) is 22.4. The van der Waals surface area contributed by atoms with Gasteiger partial charge in [0, 0.05) is 30.2 Å². The van der Waals surface area contributed by atoms with E-state index in [0.717, 1.165) is 22.1 Å². The van der Waals surface area contributed by atoms with Crippen LogP contribution in [0, 0.1) is 0 Å². The Hall–Kier alpha value is -4.09. The van der Waals surface area contributed by atoms with E-state index in [-0.39, 0.29) is 42.4 Å². The molecule has 2 amide bonds. The van der Waals surface area contributed by atoms with E-state index in [9.17, 15) is 49.4 Å². The standard InChI is InChI=1S/C17H14BF3N2O5S.C10H8F3NO/c19-17(20,21)16(24)23-6-5-10-7-13(3-4-15(10)23)29(26,27)22-12-2-1-11-9-28-18(25)14(11)8-12;11-10(12,13)9(15)14-6-5-7-3-1-2-4-8(7)14/h1-4,7-8,22,25H,5-6,9H2;1-4H,5-6H2. The summed E-state index contributed by atoms with van der Waals surface area (Å²) in [6, 6.07) is 14.9. The van der Waals surface area contributed by atoms with Gasteiger partial charge in [-0.05, 0) is 71.4 Å². The lowest BCUT2D eigenvalue weighted by molar-refractivity contribution is -0.170. The smallest absolute Gasteiger partial charge is 0.423 e. The van der Waals surface area contributed by atoms with Crippen molar-refractivity contribution >= 4 is 51.5 Å². The number of nitrogens with one attached hydrogen (secondary N) is 1. The molecule has 9 nitrogen and oxygen atoms in total. The lowest BCUT2D eigenvalue weighted by Gasteiger charge is -2.19. The van der Waals surface area contributed by atoms with Crippen molar-refractivity contribution in [3.63, 3.8) is 0 Å². The third kappa shape index (κ3) is 6.25. The number of benzene rings is 3. The molecular formula is C27H22BF6N3O6S. The lowest BCUT2D eigenvalue weighted by atomic mass is 9.79. The molecule has 232 valence electrons. The molecule has 44 heavy (non-hydrogen) atoms. The molecule has 0 atom stereocenters. The molecule has 0 bridgehead atoms. The number of para-hydroxylation sites is 1. The van der Waals surface area contributed by atoms with Crippen molar-refractivity contribution in [2.75, 3.05) is 27.6 Å². The van der Waals surface area contributed by atoms with Crippen LogP contribution in [0.5, 0.6) is 0 Å². The van der Waals surface area contributed by atoms with Gasteiger partial charge in [-0.1, -0.05) is 24.3 Å². The third-order valence-electron chi connectivity index (χ3n) is 7.18. The van der Waals surface area contributed by atoms with Crippen molar-refractivity contribution in [3.8, 4) is 0 Å². The Balaban J connectivity index is 0.000000215. The van der Waals surface area contributed by atoms with Gasteiger partial charge in [0.25, 0.3) is 10.0 Å². The van der Waals surface area contributed by atoms with E-state index < -0.39 is 41.3 Å². The van der Waals surface area contributed by atoms with Crippen molar-refractivity contribution in [2.45, 2.75) is 36.7 Å². The Morgan fingerprint density at radius 3 is 2.02 bits per heavy atom. The molecule has 3 heterocycles. The predicted octanol–water partition coefficient (Wildman–Crippen LogP) is 3.29. The molecule has 0 saturated heterocycles. The summed E-state index contributed by atoms with van der Waals surface area (Å²) in [4.78, 5) is 23.8. The summed E-state index contributed by atoms with van der Waals surface area (Å²) in [5, 5.41) is 9.74. The van der Waals surface area contributed by atoms with Crippen molar-refractivity contribution < 1.29 is 54.0 Å². The van der Waals surface area contributed by atoms with E-state index in [1.54, 1.807) is 24.3 Å². The molecule has 6 rings (SSSR count). The summed E-state index contributed by atoms with van der Waals surface area (Å²) in [5.74, 6) is -3.77. The molecule has 0 aromatic heterocycles. The van der Waals surface area contributed by atoms with Gasteiger partial charge in [0.1, 0.15) is 0 Å². The number of fused-ring (bicyclic) bond motifs is 3. The fraction of sp³-hybridized carbons (Fsp3) is 0.259. The number of halogens is 6. The first kappa shape index (κ1) is 31.3. The van der Waals surface area contributed by atoms with Crippen LogP contribution in [-0.2, 0) is 43.7 Å². The first-order valence-electron chi connectivity index (χ1n) is 13.0. The minimum atomic E-state index is -5.00. The molecular weight excluding hydrogens is 619 g/mol. The van der Waals surface area contributed by atoms with Crippen molar-refractivity contribution in [1.82, 2.24) is 0 Å². The molecule has 3 aliphatic rings. The number of nitrogens with zero attached hydrogens (tertiary/aromatic N) is 2. The topological polar surface area (TPSA) is 116 Å². The predicted molar refractivity (Wildman–Crippen MR) is 147 cm³/mol. The maximum absolute atomic E-state index is 12.7. The number of alkyl halides is 6. The second kappa shape index (κ2) is 11.4. The summed E-state index contributed by atoms with van der Waals surface area (Å²) < 4.78 is 108. The third-order valence-corrected chi connectivity index (χ3v) is 8.56. The second-order valence-electron chi connectivity index (χ2n) is 10.0. The summed E-state index contributed by atoms with van der Waals surface area (Å²) in [5.41, 5.74) is 2.96. The van der Waals surface area contributed by atoms with E-state index in [1.807, 2.05) is 0 Å². The van der Waals surface area contributed by atoms with Crippen LogP contribution in [-0.4, -0.2) is 57.8 Å². The molecule has 0 fully saturated rings.